The van der Waals surface area contributed by atoms with Gasteiger partial charge in [0.1, 0.15) is 5.82 Å². The summed E-state index contributed by atoms with van der Waals surface area (Å²) in [6.07, 6.45) is 3.96. The lowest BCUT2D eigenvalue weighted by molar-refractivity contribution is 0.0764. The standard InChI is InChI=1S/C12H21N3O/c1-9(2)5-10-7-14-12(15-10)6-11-8-16-4-3-13-11/h7,9,11,13H,3-6,8H2,1-2H3,(H,14,15). The number of nitrogens with one attached hydrogen (secondary N) is 2. The van der Waals surface area contributed by atoms with Crippen LogP contribution in [0.2, 0.25) is 0 Å². The van der Waals surface area contributed by atoms with Gasteiger partial charge in [-0.25, -0.2) is 4.98 Å². The number of nitrogens with zero attached hydrogens (tertiary/aromatic N) is 1. The Hall–Kier alpha value is -0.870. The highest BCUT2D eigenvalue weighted by molar-refractivity contribution is 5.03. The zero-order valence-corrected chi connectivity index (χ0v) is 10.1. The van der Waals surface area contributed by atoms with E-state index in [1.165, 1.54) is 5.69 Å². The van der Waals surface area contributed by atoms with Gasteiger partial charge in [-0.2, -0.15) is 0 Å². The number of rotatable bonds is 4. The average molecular weight is 223 g/mol. The lowest BCUT2D eigenvalue weighted by Gasteiger charge is -2.22. The number of hydrogen-bond donors (Lipinski definition) is 2. The Kier molecular flexibility index (Phi) is 3.96. The Morgan fingerprint density at radius 2 is 2.44 bits per heavy atom. The van der Waals surface area contributed by atoms with Crippen molar-refractivity contribution in [3.63, 3.8) is 0 Å². The van der Waals surface area contributed by atoms with E-state index in [1.54, 1.807) is 0 Å². The van der Waals surface area contributed by atoms with E-state index < -0.39 is 0 Å². The van der Waals surface area contributed by atoms with Gasteiger partial charge in [0.05, 0.1) is 13.2 Å². The second kappa shape index (κ2) is 5.46. The van der Waals surface area contributed by atoms with Crippen molar-refractivity contribution >= 4 is 0 Å². The lowest BCUT2D eigenvalue weighted by atomic mass is 10.1. The van der Waals surface area contributed by atoms with E-state index in [0.29, 0.717) is 12.0 Å². The fourth-order valence-electron chi connectivity index (χ4n) is 2.04. The molecule has 1 aromatic heterocycles. The highest BCUT2D eigenvalue weighted by atomic mass is 16.5. The van der Waals surface area contributed by atoms with Crippen LogP contribution in [0.4, 0.5) is 0 Å². The van der Waals surface area contributed by atoms with Gasteiger partial charge in [0.15, 0.2) is 0 Å². The Bertz CT molecular complexity index is 316. The Morgan fingerprint density at radius 1 is 1.56 bits per heavy atom. The molecule has 1 aromatic rings. The molecule has 4 nitrogen and oxygen atoms in total. The summed E-state index contributed by atoms with van der Waals surface area (Å²) in [4.78, 5) is 7.80. The molecule has 16 heavy (non-hydrogen) atoms. The number of aromatic nitrogens is 2. The fraction of sp³-hybridized carbons (Fsp3) is 0.750. The molecule has 0 spiro atoms. The van der Waals surface area contributed by atoms with Crippen molar-refractivity contribution in [2.45, 2.75) is 32.7 Å². The molecule has 90 valence electrons. The molecule has 1 atom stereocenters. The number of hydrogen-bond acceptors (Lipinski definition) is 3. The Balaban J connectivity index is 1.86. The van der Waals surface area contributed by atoms with E-state index in [2.05, 4.69) is 29.1 Å². The molecule has 1 unspecified atom stereocenters. The van der Waals surface area contributed by atoms with Gasteiger partial charge in [0, 0.05) is 30.9 Å². The van der Waals surface area contributed by atoms with Crippen LogP contribution in [0.3, 0.4) is 0 Å². The van der Waals surface area contributed by atoms with Crippen molar-refractivity contribution in [3.05, 3.63) is 17.7 Å². The molecule has 0 radical (unpaired) electrons. The van der Waals surface area contributed by atoms with Crippen LogP contribution in [0.1, 0.15) is 25.4 Å². The summed E-state index contributed by atoms with van der Waals surface area (Å²) in [6.45, 7) is 7.01. The molecule has 2 N–H and O–H groups in total. The molecule has 1 aliphatic heterocycles. The van der Waals surface area contributed by atoms with Gasteiger partial charge < -0.3 is 15.0 Å². The van der Waals surface area contributed by atoms with Crippen molar-refractivity contribution in [1.29, 1.82) is 0 Å². The summed E-state index contributed by atoms with van der Waals surface area (Å²) < 4.78 is 5.42. The molecule has 0 bridgehead atoms. The van der Waals surface area contributed by atoms with Crippen molar-refractivity contribution in [2.24, 2.45) is 5.92 Å². The van der Waals surface area contributed by atoms with E-state index in [-0.39, 0.29) is 0 Å². The van der Waals surface area contributed by atoms with Crippen LogP contribution in [0, 0.1) is 5.92 Å². The maximum atomic E-state index is 5.42. The fourth-order valence-corrected chi connectivity index (χ4v) is 2.04. The van der Waals surface area contributed by atoms with Gasteiger partial charge in [-0.05, 0) is 12.3 Å². The quantitative estimate of drug-likeness (QED) is 0.804. The third-order valence-electron chi connectivity index (χ3n) is 2.75. The van der Waals surface area contributed by atoms with Crippen molar-refractivity contribution < 1.29 is 4.74 Å². The van der Waals surface area contributed by atoms with Gasteiger partial charge in [0.25, 0.3) is 0 Å². The number of imidazole rings is 1. The van der Waals surface area contributed by atoms with Crippen LogP contribution in [0.25, 0.3) is 0 Å². The van der Waals surface area contributed by atoms with Crippen LogP contribution in [-0.2, 0) is 17.6 Å². The minimum atomic E-state index is 0.409. The molecule has 1 fully saturated rings. The second-order valence-electron chi connectivity index (χ2n) is 4.88. The predicted molar refractivity (Wildman–Crippen MR) is 63.4 cm³/mol. The maximum Gasteiger partial charge on any atom is 0.107 e. The van der Waals surface area contributed by atoms with Crippen LogP contribution in [0.15, 0.2) is 6.20 Å². The summed E-state index contributed by atoms with van der Waals surface area (Å²) in [5.74, 6) is 1.74. The topological polar surface area (TPSA) is 49.9 Å². The number of aromatic amines is 1. The van der Waals surface area contributed by atoms with E-state index in [0.717, 1.165) is 38.4 Å². The molecule has 2 rings (SSSR count). The molecule has 1 saturated heterocycles. The third kappa shape index (κ3) is 3.32. The molecule has 0 aromatic carbocycles. The monoisotopic (exact) mass is 223 g/mol. The summed E-state index contributed by atoms with van der Waals surface area (Å²) in [5, 5.41) is 3.43. The number of ether oxygens (including phenoxy) is 1. The largest absolute Gasteiger partial charge is 0.379 e. The normalized spacial score (nSPS) is 21.6. The first-order chi connectivity index (χ1) is 7.74. The molecular formula is C12H21N3O. The Labute approximate surface area is 96.8 Å². The maximum absolute atomic E-state index is 5.42. The van der Waals surface area contributed by atoms with E-state index in [4.69, 9.17) is 4.74 Å². The molecule has 1 aliphatic rings. The van der Waals surface area contributed by atoms with Crippen molar-refractivity contribution in [2.75, 3.05) is 19.8 Å². The summed E-state index contributed by atoms with van der Waals surface area (Å²) >= 11 is 0. The summed E-state index contributed by atoms with van der Waals surface area (Å²) in [6, 6.07) is 0.409. The summed E-state index contributed by atoms with van der Waals surface area (Å²) in [7, 11) is 0. The highest BCUT2D eigenvalue weighted by Gasteiger charge is 2.15. The van der Waals surface area contributed by atoms with E-state index in [9.17, 15) is 0 Å². The molecule has 0 aliphatic carbocycles. The van der Waals surface area contributed by atoms with Gasteiger partial charge in [0.2, 0.25) is 0 Å². The van der Waals surface area contributed by atoms with Crippen LogP contribution in [-0.4, -0.2) is 35.8 Å². The second-order valence-corrected chi connectivity index (χ2v) is 4.88. The SMILES string of the molecule is CC(C)Cc1cnc(CC2COCCN2)[nH]1. The van der Waals surface area contributed by atoms with Crippen LogP contribution >= 0.6 is 0 Å². The third-order valence-corrected chi connectivity index (χ3v) is 2.75. The van der Waals surface area contributed by atoms with Crippen molar-refractivity contribution in [1.82, 2.24) is 15.3 Å². The molecule has 0 saturated carbocycles. The number of H-pyrrole nitrogens is 1. The van der Waals surface area contributed by atoms with E-state index in [1.807, 2.05) is 6.20 Å². The van der Waals surface area contributed by atoms with Gasteiger partial charge >= 0.3 is 0 Å². The molecule has 0 amide bonds. The minimum Gasteiger partial charge on any atom is -0.379 e. The van der Waals surface area contributed by atoms with Crippen LogP contribution < -0.4 is 5.32 Å². The average Bonchev–Trinajstić information content (AvgIpc) is 2.66. The molecule has 4 heteroatoms. The zero-order valence-electron chi connectivity index (χ0n) is 10.1. The minimum absolute atomic E-state index is 0.409. The van der Waals surface area contributed by atoms with Crippen LogP contribution in [0.5, 0.6) is 0 Å². The van der Waals surface area contributed by atoms with E-state index >= 15 is 0 Å². The van der Waals surface area contributed by atoms with Gasteiger partial charge in [-0.3, -0.25) is 0 Å². The molecule has 2 heterocycles. The highest BCUT2D eigenvalue weighted by Crippen LogP contribution is 2.07. The van der Waals surface area contributed by atoms with Gasteiger partial charge in [-0.1, -0.05) is 13.8 Å². The predicted octanol–water partition coefficient (Wildman–Crippen LogP) is 1.14. The summed E-state index contributed by atoms with van der Waals surface area (Å²) in [5.41, 5.74) is 1.24. The molecular weight excluding hydrogens is 202 g/mol. The lowest BCUT2D eigenvalue weighted by Crippen LogP contribution is -2.42. The zero-order chi connectivity index (χ0) is 11.4. The Morgan fingerprint density at radius 3 is 3.12 bits per heavy atom. The smallest absolute Gasteiger partial charge is 0.107 e. The number of morpholine rings is 1. The first-order valence-electron chi connectivity index (χ1n) is 6.08. The van der Waals surface area contributed by atoms with Crippen molar-refractivity contribution in [3.8, 4) is 0 Å². The van der Waals surface area contributed by atoms with Gasteiger partial charge in [-0.15, -0.1) is 0 Å². The first-order valence-corrected chi connectivity index (χ1v) is 6.08. The first kappa shape index (κ1) is 11.6.